The van der Waals surface area contributed by atoms with Crippen molar-refractivity contribution in [1.82, 2.24) is 34.6 Å². The first-order valence-electron chi connectivity index (χ1n) is 11.1. The fourth-order valence-electron chi connectivity index (χ4n) is 4.71. The predicted octanol–water partition coefficient (Wildman–Crippen LogP) is 3.05. The molecule has 5 aromatic rings. The summed E-state index contributed by atoms with van der Waals surface area (Å²) in [6.45, 7) is 5.94. The molecule has 2 N–H and O–H groups in total. The van der Waals surface area contributed by atoms with Crippen LogP contribution in [0.15, 0.2) is 61.6 Å². The molecule has 0 saturated carbocycles. The van der Waals surface area contributed by atoms with Crippen LogP contribution in [-0.4, -0.2) is 67.3 Å². The molecule has 0 aliphatic carbocycles. The van der Waals surface area contributed by atoms with Gasteiger partial charge in [-0.15, -0.1) is 0 Å². The molecule has 0 spiro atoms. The van der Waals surface area contributed by atoms with E-state index < -0.39 is 0 Å². The molecule has 0 bridgehead atoms. The molecule has 0 amide bonds. The molecule has 1 aliphatic rings. The van der Waals surface area contributed by atoms with E-state index in [4.69, 9.17) is 0 Å². The number of hydrogen-bond acceptors (Lipinski definition) is 5. The molecule has 1 aliphatic heterocycles. The first kappa shape index (κ1) is 19.1. The van der Waals surface area contributed by atoms with Gasteiger partial charge in [0.05, 0.1) is 12.1 Å². The Morgan fingerprint density at radius 2 is 1.84 bits per heavy atom. The summed E-state index contributed by atoms with van der Waals surface area (Å²) >= 11 is 0. The number of anilines is 1. The highest BCUT2D eigenvalue weighted by molar-refractivity contribution is 5.90. The van der Waals surface area contributed by atoms with Crippen molar-refractivity contribution in [2.75, 3.05) is 37.6 Å². The minimum absolute atomic E-state index is 0.741. The van der Waals surface area contributed by atoms with E-state index in [2.05, 4.69) is 65.3 Å². The molecule has 5 heterocycles. The summed E-state index contributed by atoms with van der Waals surface area (Å²) in [7, 11) is 0. The van der Waals surface area contributed by atoms with E-state index in [-0.39, 0.29) is 0 Å². The van der Waals surface area contributed by atoms with Gasteiger partial charge in [-0.25, -0.2) is 14.6 Å². The SMILES string of the molecule is c1cc2[nH]ccc2c(N2CCN(CCc3c[nH]c4ccc(Cn5cncn5)cc34)CC2)n1. The standard InChI is InChI=1S/C24H26N8/c1-2-22-21(13-18(1)15-32-17-25-16-29-32)19(14-28-22)5-8-30-9-11-31(12-10-30)24-20-3-6-26-23(20)4-7-27-24/h1-4,6-7,13-14,16-17,26,28H,5,8-12,15H2. The smallest absolute Gasteiger partial charge is 0.138 e. The zero-order valence-electron chi connectivity index (χ0n) is 17.9. The van der Waals surface area contributed by atoms with Gasteiger partial charge in [0.25, 0.3) is 0 Å². The minimum atomic E-state index is 0.741. The molecule has 0 unspecified atom stereocenters. The van der Waals surface area contributed by atoms with Gasteiger partial charge < -0.3 is 14.9 Å². The second-order valence-corrected chi connectivity index (χ2v) is 8.44. The van der Waals surface area contributed by atoms with E-state index in [0.717, 1.165) is 57.0 Å². The lowest BCUT2D eigenvalue weighted by molar-refractivity contribution is 0.261. The van der Waals surface area contributed by atoms with Gasteiger partial charge in [-0.05, 0) is 41.8 Å². The number of fused-ring (bicyclic) bond motifs is 2. The van der Waals surface area contributed by atoms with Crippen LogP contribution in [-0.2, 0) is 13.0 Å². The molecule has 0 radical (unpaired) electrons. The van der Waals surface area contributed by atoms with Crippen LogP contribution in [0.25, 0.3) is 21.8 Å². The maximum absolute atomic E-state index is 4.66. The van der Waals surface area contributed by atoms with Gasteiger partial charge in [-0.2, -0.15) is 5.10 Å². The molecular formula is C24H26N8. The van der Waals surface area contributed by atoms with Crippen LogP contribution in [0.2, 0.25) is 0 Å². The van der Waals surface area contributed by atoms with Crippen molar-refractivity contribution in [2.45, 2.75) is 13.0 Å². The van der Waals surface area contributed by atoms with E-state index in [1.54, 1.807) is 12.7 Å². The Labute approximate surface area is 185 Å². The molecule has 1 fully saturated rings. The average Bonchev–Trinajstić information content (AvgIpc) is 3.59. The minimum Gasteiger partial charge on any atom is -0.361 e. The number of nitrogens with zero attached hydrogens (tertiary/aromatic N) is 6. The maximum atomic E-state index is 4.66. The van der Waals surface area contributed by atoms with Crippen molar-refractivity contribution in [1.29, 1.82) is 0 Å². The lowest BCUT2D eigenvalue weighted by Gasteiger charge is -2.35. The quantitative estimate of drug-likeness (QED) is 0.436. The molecule has 4 aromatic heterocycles. The second-order valence-electron chi connectivity index (χ2n) is 8.44. The van der Waals surface area contributed by atoms with Crippen LogP contribution in [0, 0.1) is 0 Å². The van der Waals surface area contributed by atoms with Gasteiger partial charge >= 0.3 is 0 Å². The summed E-state index contributed by atoms with van der Waals surface area (Å²) in [4.78, 5) is 20.4. The van der Waals surface area contributed by atoms with Crippen LogP contribution >= 0.6 is 0 Å². The molecule has 8 heteroatoms. The van der Waals surface area contributed by atoms with Crippen molar-refractivity contribution in [3.63, 3.8) is 0 Å². The van der Waals surface area contributed by atoms with Gasteiger partial charge in [0.15, 0.2) is 0 Å². The summed E-state index contributed by atoms with van der Waals surface area (Å²) in [5.74, 6) is 1.10. The number of aromatic nitrogens is 6. The number of H-pyrrole nitrogens is 2. The topological polar surface area (TPSA) is 81.7 Å². The van der Waals surface area contributed by atoms with Gasteiger partial charge in [-0.3, -0.25) is 4.90 Å². The Balaban J connectivity index is 1.10. The van der Waals surface area contributed by atoms with Crippen LogP contribution in [0.1, 0.15) is 11.1 Å². The van der Waals surface area contributed by atoms with Gasteiger partial charge in [0.1, 0.15) is 18.5 Å². The highest BCUT2D eigenvalue weighted by Gasteiger charge is 2.20. The third kappa shape index (κ3) is 3.62. The van der Waals surface area contributed by atoms with Crippen LogP contribution in [0.4, 0.5) is 5.82 Å². The van der Waals surface area contributed by atoms with Crippen molar-refractivity contribution >= 4 is 27.6 Å². The Bertz CT molecular complexity index is 1320. The number of benzene rings is 1. The normalized spacial score (nSPS) is 15.2. The molecular weight excluding hydrogens is 400 g/mol. The van der Waals surface area contributed by atoms with E-state index in [1.165, 1.54) is 27.4 Å². The number of aromatic amines is 2. The fraction of sp³-hybridized carbons (Fsp3) is 0.292. The van der Waals surface area contributed by atoms with Crippen molar-refractivity contribution < 1.29 is 0 Å². The molecule has 32 heavy (non-hydrogen) atoms. The Morgan fingerprint density at radius 1 is 0.938 bits per heavy atom. The van der Waals surface area contributed by atoms with E-state index in [9.17, 15) is 0 Å². The van der Waals surface area contributed by atoms with Crippen molar-refractivity contribution in [3.8, 4) is 0 Å². The predicted molar refractivity (Wildman–Crippen MR) is 126 cm³/mol. The summed E-state index contributed by atoms with van der Waals surface area (Å²) in [6, 6.07) is 10.8. The third-order valence-corrected chi connectivity index (χ3v) is 6.47. The summed E-state index contributed by atoms with van der Waals surface area (Å²) in [5, 5.41) is 6.74. The molecule has 8 nitrogen and oxygen atoms in total. The van der Waals surface area contributed by atoms with E-state index in [0.29, 0.717) is 0 Å². The lowest BCUT2D eigenvalue weighted by Crippen LogP contribution is -2.47. The van der Waals surface area contributed by atoms with Crippen LogP contribution < -0.4 is 4.90 Å². The average molecular weight is 427 g/mol. The number of nitrogens with one attached hydrogen (secondary N) is 2. The molecule has 162 valence electrons. The first-order valence-corrected chi connectivity index (χ1v) is 11.1. The van der Waals surface area contributed by atoms with Crippen LogP contribution in [0.3, 0.4) is 0 Å². The zero-order valence-corrected chi connectivity index (χ0v) is 17.9. The Kier molecular flexibility index (Phi) is 4.84. The Morgan fingerprint density at radius 3 is 2.72 bits per heavy atom. The number of piperazine rings is 1. The number of rotatable bonds is 6. The van der Waals surface area contributed by atoms with E-state index >= 15 is 0 Å². The van der Waals surface area contributed by atoms with Crippen molar-refractivity contribution in [2.24, 2.45) is 0 Å². The summed E-state index contributed by atoms with van der Waals surface area (Å²) in [6.07, 6.45) is 10.4. The molecule has 0 atom stereocenters. The lowest BCUT2D eigenvalue weighted by atomic mass is 10.1. The summed E-state index contributed by atoms with van der Waals surface area (Å²) < 4.78 is 1.86. The monoisotopic (exact) mass is 426 g/mol. The molecule has 1 aromatic carbocycles. The van der Waals surface area contributed by atoms with Gasteiger partial charge in [0, 0.05) is 67.6 Å². The highest BCUT2D eigenvalue weighted by Crippen LogP contribution is 2.25. The third-order valence-electron chi connectivity index (χ3n) is 6.47. The fourth-order valence-corrected chi connectivity index (χ4v) is 4.71. The number of pyridine rings is 1. The van der Waals surface area contributed by atoms with Gasteiger partial charge in [0.2, 0.25) is 0 Å². The Hall–Kier alpha value is -3.65. The highest BCUT2D eigenvalue weighted by atomic mass is 15.3. The molecule has 1 saturated heterocycles. The largest absolute Gasteiger partial charge is 0.361 e. The first-order chi connectivity index (χ1) is 15.8. The molecule has 6 rings (SSSR count). The van der Waals surface area contributed by atoms with E-state index in [1.807, 2.05) is 23.1 Å². The zero-order chi connectivity index (χ0) is 21.3. The second kappa shape index (κ2) is 8.12. The van der Waals surface area contributed by atoms with Gasteiger partial charge in [-0.1, -0.05) is 6.07 Å². The maximum Gasteiger partial charge on any atom is 0.138 e. The number of hydrogen-bond donors (Lipinski definition) is 2. The van der Waals surface area contributed by atoms with Crippen LogP contribution in [0.5, 0.6) is 0 Å². The van der Waals surface area contributed by atoms with Crippen molar-refractivity contribution in [3.05, 3.63) is 72.7 Å². The summed E-state index contributed by atoms with van der Waals surface area (Å²) in [5.41, 5.74) is 4.96.